The van der Waals surface area contributed by atoms with Crippen molar-refractivity contribution in [2.24, 2.45) is 10.9 Å². The van der Waals surface area contributed by atoms with Gasteiger partial charge in [-0.2, -0.15) is 0 Å². The summed E-state index contributed by atoms with van der Waals surface area (Å²) in [5, 5.41) is 6.98. The molecule has 1 spiro atoms. The molecule has 1 N–H and O–H groups in total. The van der Waals surface area contributed by atoms with Crippen molar-refractivity contribution in [2.45, 2.75) is 44.7 Å². The van der Waals surface area contributed by atoms with Crippen LogP contribution in [0, 0.1) is 5.92 Å². The largest absolute Gasteiger partial charge is 0.359 e. The summed E-state index contributed by atoms with van der Waals surface area (Å²) in [7, 11) is 0. The lowest BCUT2D eigenvalue weighted by Crippen LogP contribution is -2.46. The molecule has 2 heterocycles. The lowest BCUT2D eigenvalue weighted by molar-refractivity contribution is 0.251. The predicted molar refractivity (Wildman–Crippen MR) is 89.1 cm³/mol. The van der Waals surface area contributed by atoms with Gasteiger partial charge in [0, 0.05) is 26.0 Å². The number of thioether (sulfide) groups is 1. The van der Waals surface area contributed by atoms with E-state index in [1.165, 1.54) is 36.3 Å². The third-order valence-electron chi connectivity index (χ3n) is 4.09. The summed E-state index contributed by atoms with van der Waals surface area (Å²) in [4.78, 5) is 6.05. The fourth-order valence-electron chi connectivity index (χ4n) is 2.76. The van der Waals surface area contributed by atoms with Crippen LogP contribution in [-0.2, 0) is 6.54 Å². The third kappa shape index (κ3) is 3.37. The van der Waals surface area contributed by atoms with E-state index in [9.17, 15) is 0 Å². The molecule has 0 amide bonds. The van der Waals surface area contributed by atoms with Gasteiger partial charge in [0.15, 0.2) is 5.17 Å². The average molecular weight is 359 g/mol. The minimum Gasteiger partial charge on any atom is -0.359 e. The highest BCUT2D eigenvalue weighted by molar-refractivity contribution is 9.10. The smallest absolute Gasteiger partial charge is 0.157 e. The Morgan fingerprint density at radius 2 is 2.26 bits per heavy atom. The van der Waals surface area contributed by atoms with Crippen molar-refractivity contribution in [3.8, 4) is 0 Å². The first-order valence-corrected chi connectivity index (χ1v) is 9.49. The maximum atomic E-state index is 4.73. The Morgan fingerprint density at radius 3 is 2.95 bits per heavy atom. The number of halogens is 1. The number of nitrogens with one attached hydrogen (secondary N) is 1. The molecule has 0 bridgehead atoms. The van der Waals surface area contributed by atoms with Gasteiger partial charge < -0.3 is 5.32 Å². The maximum Gasteiger partial charge on any atom is 0.157 e. The van der Waals surface area contributed by atoms with Crippen LogP contribution < -0.4 is 5.32 Å². The molecule has 0 radical (unpaired) electrons. The van der Waals surface area contributed by atoms with Crippen LogP contribution in [0.3, 0.4) is 0 Å². The number of rotatable bonds is 2. The summed E-state index contributed by atoms with van der Waals surface area (Å²) in [5.41, 5.74) is 0.353. The maximum absolute atomic E-state index is 4.73. The first-order chi connectivity index (χ1) is 9.15. The Balaban J connectivity index is 1.59. The molecule has 2 aliphatic rings. The standard InChI is InChI=1S/C14H19BrN2S2/c1-10-2-4-14(5-3-10)9-19-13(17-14)16-7-12-6-11(15)8-18-12/h6,8,10H,2-5,7,9H2,1H3,(H,16,17). The van der Waals surface area contributed by atoms with Gasteiger partial charge in [0.25, 0.3) is 0 Å². The van der Waals surface area contributed by atoms with Crippen molar-refractivity contribution < 1.29 is 0 Å². The van der Waals surface area contributed by atoms with E-state index >= 15 is 0 Å². The monoisotopic (exact) mass is 358 g/mol. The lowest BCUT2D eigenvalue weighted by Gasteiger charge is -2.35. The fraction of sp³-hybridized carbons (Fsp3) is 0.643. The van der Waals surface area contributed by atoms with E-state index in [-0.39, 0.29) is 0 Å². The molecule has 19 heavy (non-hydrogen) atoms. The van der Waals surface area contributed by atoms with Crippen LogP contribution in [0.2, 0.25) is 0 Å². The van der Waals surface area contributed by atoms with Crippen LogP contribution in [0.1, 0.15) is 37.5 Å². The third-order valence-corrected chi connectivity index (χ3v) is 6.97. The summed E-state index contributed by atoms with van der Waals surface area (Å²) in [6.45, 7) is 3.18. The van der Waals surface area contributed by atoms with Gasteiger partial charge in [0.05, 0.1) is 6.54 Å². The van der Waals surface area contributed by atoms with E-state index < -0.39 is 0 Å². The van der Waals surface area contributed by atoms with Gasteiger partial charge in [-0.1, -0.05) is 18.7 Å². The second-order valence-corrected chi connectivity index (χ2v) is 8.60. The molecule has 1 aromatic heterocycles. The number of nitrogens with zero attached hydrogens (tertiary/aromatic N) is 1. The zero-order chi connectivity index (χ0) is 13.3. The molecule has 2 fully saturated rings. The zero-order valence-corrected chi connectivity index (χ0v) is 14.3. The quantitative estimate of drug-likeness (QED) is 0.831. The van der Waals surface area contributed by atoms with Crippen LogP contribution in [0.25, 0.3) is 0 Å². The highest BCUT2D eigenvalue weighted by atomic mass is 79.9. The Bertz CT molecular complexity index is 476. The van der Waals surface area contributed by atoms with E-state index in [2.05, 4.69) is 39.6 Å². The number of thiophene rings is 1. The molecule has 0 atom stereocenters. The minimum absolute atomic E-state index is 0.353. The van der Waals surface area contributed by atoms with E-state index in [4.69, 9.17) is 4.99 Å². The molecule has 1 aliphatic carbocycles. The number of amidine groups is 1. The Kier molecular flexibility index (Phi) is 4.25. The Morgan fingerprint density at radius 1 is 1.47 bits per heavy atom. The van der Waals surface area contributed by atoms with Gasteiger partial charge >= 0.3 is 0 Å². The minimum atomic E-state index is 0.353. The number of hydrogen-bond donors (Lipinski definition) is 1. The summed E-state index contributed by atoms with van der Waals surface area (Å²) < 4.78 is 1.16. The molecule has 0 aromatic carbocycles. The fourth-order valence-corrected chi connectivity index (χ4v) is 5.35. The molecule has 5 heteroatoms. The Hall–Kier alpha value is -0.0000000000000000833. The number of hydrogen-bond acceptors (Lipinski definition) is 3. The van der Waals surface area contributed by atoms with Gasteiger partial charge in [0.1, 0.15) is 0 Å². The molecule has 1 aromatic rings. The van der Waals surface area contributed by atoms with Crippen molar-refractivity contribution in [3.63, 3.8) is 0 Å². The molecule has 1 aliphatic heterocycles. The van der Waals surface area contributed by atoms with Gasteiger partial charge in [0.2, 0.25) is 0 Å². The van der Waals surface area contributed by atoms with Crippen LogP contribution in [0.15, 0.2) is 20.9 Å². The van der Waals surface area contributed by atoms with E-state index in [0.29, 0.717) is 5.54 Å². The lowest BCUT2D eigenvalue weighted by atomic mass is 9.78. The molecule has 2 nitrogen and oxygen atoms in total. The van der Waals surface area contributed by atoms with Crippen molar-refractivity contribution in [3.05, 3.63) is 20.8 Å². The SMILES string of the molecule is CC1CCC2(CC1)CSC(=NCc1cc(Br)cs1)N2. The molecule has 104 valence electrons. The molecule has 0 unspecified atom stereocenters. The second-order valence-electron chi connectivity index (χ2n) is 5.73. The topological polar surface area (TPSA) is 24.4 Å². The number of aliphatic imine (C=N–C) groups is 1. The predicted octanol–water partition coefficient (Wildman–Crippen LogP) is 4.65. The normalized spacial score (nSPS) is 32.9. The van der Waals surface area contributed by atoms with E-state index in [1.807, 2.05) is 11.8 Å². The summed E-state index contributed by atoms with van der Waals surface area (Å²) >= 11 is 7.17. The average Bonchev–Trinajstić information content (AvgIpc) is 2.99. The van der Waals surface area contributed by atoms with Gasteiger partial charge in [-0.25, -0.2) is 0 Å². The summed E-state index contributed by atoms with van der Waals surface area (Å²) in [6, 6.07) is 2.16. The molecule has 1 saturated heterocycles. The second kappa shape index (κ2) is 5.78. The summed E-state index contributed by atoms with van der Waals surface area (Å²) in [5.74, 6) is 2.11. The first-order valence-electron chi connectivity index (χ1n) is 6.84. The van der Waals surface area contributed by atoms with E-state index in [1.54, 1.807) is 11.3 Å². The van der Waals surface area contributed by atoms with Crippen LogP contribution in [-0.4, -0.2) is 16.5 Å². The Labute approximate surface area is 131 Å². The van der Waals surface area contributed by atoms with Crippen LogP contribution >= 0.6 is 39.0 Å². The molecular formula is C14H19BrN2S2. The zero-order valence-electron chi connectivity index (χ0n) is 11.1. The molecule has 1 saturated carbocycles. The summed E-state index contributed by atoms with van der Waals surface area (Å²) in [6.07, 6.45) is 5.34. The van der Waals surface area contributed by atoms with Gasteiger partial charge in [-0.15, -0.1) is 11.3 Å². The van der Waals surface area contributed by atoms with Gasteiger partial charge in [-0.3, -0.25) is 4.99 Å². The molecule has 3 rings (SSSR count). The van der Waals surface area contributed by atoms with Crippen molar-refractivity contribution >= 4 is 44.2 Å². The van der Waals surface area contributed by atoms with Crippen LogP contribution in [0.4, 0.5) is 0 Å². The van der Waals surface area contributed by atoms with Crippen LogP contribution in [0.5, 0.6) is 0 Å². The highest BCUT2D eigenvalue weighted by Crippen LogP contribution is 2.38. The van der Waals surface area contributed by atoms with Crippen molar-refractivity contribution in [1.29, 1.82) is 0 Å². The molecular weight excluding hydrogens is 340 g/mol. The highest BCUT2D eigenvalue weighted by Gasteiger charge is 2.39. The van der Waals surface area contributed by atoms with Gasteiger partial charge in [-0.05, 0) is 53.6 Å². The van der Waals surface area contributed by atoms with Crippen molar-refractivity contribution in [1.82, 2.24) is 5.32 Å². The first kappa shape index (κ1) is 14.0. The van der Waals surface area contributed by atoms with Crippen molar-refractivity contribution in [2.75, 3.05) is 5.75 Å². The van der Waals surface area contributed by atoms with E-state index in [0.717, 1.165) is 22.1 Å².